The Labute approximate surface area is 182 Å². The van der Waals surface area contributed by atoms with Crippen LogP contribution in [0, 0.1) is 11.3 Å². The third-order valence-corrected chi connectivity index (χ3v) is 7.62. The van der Waals surface area contributed by atoms with E-state index < -0.39 is 0 Å². The molecule has 0 aromatic carbocycles. The van der Waals surface area contributed by atoms with Gasteiger partial charge < -0.3 is 10.6 Å². The molecule has 2 heterocycles. The molecular formula is C22H31N5O2S. The van der Waals surface area contributed by atoms with Crippen molar-refractivity contribution in [3.8, 4) is 6.07 Å². The Kier molecular flexibility index (Phi) is 6.71. The molecule has 0 bridgehead atoms. The van der Waals surface area contributed by atoms with Gasteiger partial charge in [0, 0.05) is 37.1 Å². The van der Waals surface area contributed by atoms with Gasteiger partial charge in [0.1, 0.15) is 11.1 Å². The Morgan fingerprint density at radius 2 is 1.90 bits per heavy atom. The molecule has 162 valence electrons. The molecule has 1 aliphatic heterocycles. The first-order valence-corrected chi connectivity index (χ1v) is 12.0. The van der Waals surface area contributed by atoms with Crippen molar-refractivity contribution in [1.82, 2.24) is 15.1 Å². The summed E-state index contributed by atoms with van der Waals surface area (Å²) in [5.41, 5.74) is 1.82. The minimum Gasteiger partial charge on any atom is -0.352 e. The van der Waals surface area contributed by atoms with E-state index in [1.165, 1.54) is 11.3 Å². The Balaban J connectivity index is 1.30. The first-order chi connectivity index (χ1) is 14.5. The smallest absolute Gasteiger partial charge is 0.242 e. The van der Waals surface area contributed by atoms with Crippen LogP contribution in [-0.4, -0.2) is 66.4 Å². The highest BCUT2D eigenvalue weighted by Crippen LogP contribution is 2.37. The van der Waals surface area contributed by atoms with Gasteiger partial charge in [-0.15, -0.1) is 11.3 Å². The van der Waals surface area contributed by atoms with Gasteiger partial charge in [0.15, 0.2) is 0 Å². The number of piperazine rings is 1. The lowest BCUT2D eigenvalue weighted by atomic mass is 10.1. The van der Waals surface area contributed by atoms with E-state index in [2.05, 4.69) is 26.5 Å². The lowest BCUT2D eigenvalue weighted by molar-refractivity contribution is -0.124. The molecule has 2 fully saturated rings. The minimum atomic E-state index is -0.263. The van der Waals surface area contributed by atoms with Crippen LogP contribution in [0.1, 0.15) is 55.0 Å². The van der Waals surface area contributed by atoms with Crippen LogP contribution < -0.4 is 10.6 Å². The van der Waals surface area contributed by atoms with E-state index >= 15 is 0 Å². The van der Waals surface area contributed by atoms with Gasteiger partial charge in [-0.2, -0.15) is 5.26 Å². The number of fused-ring (bicyclic) bond motifs is 1. The highest BCUT2D eigenvalue weighted by Gasteiger charge is 2.29. The van der Waals surface area contributed by atoms with E-state index in [0.717, 1.165) is 75.3 Å². The number of nitriles is 1. The van der Waals surface area contributed by atoms with Gasteiger partial charge >= 0.3 is 0 Å². The number of carbonyl (C=O) groups excluding carboxylic acids is 2. The molecule has 3 aliphatic rings. The molecule has 8 heteroatoms. The van der Waals surface area contributed by atoms with Crippen LogP contribution in [0.2, 0.25) is 0 Å². The number of rotatable bonds is 6. The monoisotopic (exact) mass is 429 g/mol. The molecule has 2 aliphatic carbocycles. The van der Waals surface area contributed by atoms with E-state index in [1.54, 1.807) is 11.3 Å². The molecule has 1 unspecified atom stereocenters. The zero-order valence-corrected chi connectivity index (χ0v) is 18.5. The molecule has 1 saturated heterocycles. The van der Waals surface area contributed by atoms with Crippen molar-refractivity contribution in [3.63, 3.8) is 0 Å². The number of thiophene rings is 1. The van der Waals surface area contributed by atoms with Crippen LogP contribution in [-0.2, 0) is 22.4 Å². The zero-order chi connectivity index (χ0) is 21.1. The first kappa shape index (κ1) is 21.3. The van der Waals surface area contributed by atoms with Crippen LogP contribution in [0.15, 0.2) is 0 Å². The number of nitrogens with zero attached hydrogens (tertiary/aromatic N) is 3. The number of amides is 2. The maximum absolute atomic E-state index is 12.9. The Morgan fingerprint density at radius 1 is 1.17 bits per heavy atom. The Bertz CT molecular complexity index is 833. The quantitative estimate of drug-likeness (QED) is 0.676. The number of nitrogens with one attached hydrogen (secondary N) is 2. The molecule has 7 nitrogen and oxygen atoms in total. The van der Waals surface area contributed by atoms with Crippen molar-refractivity contribution in [2.45, 2.75) is 64.0 Å². The van der Waals surface area contributed by atoms with E-state index in [-0.39, 0.29) is 17.9 Å². The van der Waals surface area contributed by atoms with Gasteiger partial charge in [-0.25, -0.2) is 0 Å². The first-order valence-electron chi connectivity index (χ1n) is 11.2. The summed E-state index contributed by atoms with van der Waals surface area (Å²) in [6, 6.07) is 2.47. The summed E-state index contributed by atoms with van der Waals surface area (Å²) in [6.07, 6.45) is 7.64. The minimum absolute atomic E-state index is 0.0529. The second-order valence-electron chi connectivity index (χ2n) is 8.70. The average Bonchev–Trinajstić information content (AvgIpc) is 3.52. The number of carbonyl (C=O) groups is 2. The summed E-state index contributed by atoms with van der Waals surface area (Å²) in [5, 5.41) is 16.5. The third kappa shape index (κ3) is 5.02. The fourth-order valence-corrected chi connectivity index (χ4v) is 5.59. The van der Waals surface area contributed by atoms with Gasteiger partial charge in [-0.3, -0.25) is 19.4 Å². The van der Waals surface area contributed by atoms with Gasteiger partial charge in [0.2, 0.25) is 11.8 Å². The fraction of sp³-hybridized carbons (Fsp3) is 0.682. The van der Waals surface area contributed by atoms with Crippen LogP contribution >= 0.6 is 11.3 Å². The molecule has 1 atom stereocenters. The molecule has 0 radical (unpaired) electrons. The largest absolute Gasteiger partial charge is 0.352 e. The maximum Gasteiger partial charge on any atom is 0.242 e. The summed E-state index contributed by atoms with van der Waals surface area (Å²) in [4.78, 5) is 30.5. The predicted molar refractivity (Wildman–Crippen MR) is 118 cm³/mol. The van der Waals surface area contributed by atoms with Crippen LogP contribution in [0.5, 0.6) is 0 Å². The molecular weight excluding hydrogens is 398 g/mol. The molecule has 4 rings (SSSR count). The van der Waals surface area contributed by atoms with Crippen LogP contribution in [0.3, 0.4) is 0 Å². The summed E-state index contributed by atoms with van der Waals surface area (Å²) in [7, 11) is 0. The normalized spacial score (nSPS) is 21.2. The summed E-state index contributed by atoms with van der Waals surface area (Å²) >= 11 is 1.58. The SMILES string of the molecule is CC(C(=O)Nc1sc2c(c1C#N)CCCCC2)N1CCN(CC(=O)NC2CC2)CC1. The second kappa shape index (κ2) is 9.46. The van der Waals surface area contributed by atoms with Gasteiger partial charge in [0.05, 0.1) is 18.2 Å². The molecule has 1 aromatic heterocycles. The summed E-state index contributed by atoms with van der Waals surface area (Å²) < 4.78 is 0. The van der Waals surface area contributed by atoms with E-state index in [4.69, 9.17) is 0 Å². The van der Waals surface area contributed by atoms with Crippen LogP contribution in [0.4, 0.5) is 5.00 Å². The van der Waals surface area contributed by atoms with Crippen LogP contribution in [0.25, 0.3) is 0 Å². The summed E-state index contributed by atoms with van der Waals surface area (Å²) in [5.74, 6) is 0.0565. The third-order valence-electron chi connectivity index (χ3n) is 6.41. The molecule has 1 aromatic rings. The predicted octanol–water partition coefficient (Wildman–Crippen LogP) is 2.11. The lowest BCUT2D eigenvalue weighted by Gasteiger charge is -2.37. The maximum atomic E-state index is 12.9. The number of hydrogen-bond acceptors (Lipinski definition) is 6. The molecule has 1 saturated carbocycles. The number of hydrogen-bond donors (Lipinski definition) is 2. The Morgan fingerprint density at radius 3 is 2.60 bits per heavy atom. The summed E-state index contributed by atoms with van der Waals surface area (Å²) in [6.45, 7) is 5.46. The molecule has 2 N–H and O–H groups in total. The van der Waals surface area contributed by atoms with Crippen molar-refractivity contribution in [3.05, 3.63) is 16.0 Å². The standard InChI is InChI=1S/C22H31N5O2S/c1-15(27-11-9-26(10-12-27)14-20(28)24-16-7-8-16)21(29)25-22-18(13-23)17-5-3-2-4-6-19(17)30-22/h15-16H,2-12,14H2,1H3,(H,24,28)(H,25,29). The number of aryl methyl sites for hydroxylation is 1. The fourth-order valence-electron chi connectivity index (χ4n) is 4.34. The van der Waals surface area contributed by atoms with E-state index in [1.807, 2.05) is 6.92 Å². The van der Waals surface area contributed by atoms with Crippen molar-refractivity contribution in [2.75, 3.05) is 38.0 Å². The van der Waals surface area contributed by atoms with Crippen molar-refractivity contribution in [2.24, 2.45) is 0 Å². The van der Waals surface area contributed by atoms with Gasteiger partial charge in [-0.05, 0) is 51.0 Å². The molecule has 2 amide bonds. The zero-order valence-electron chi connectivity index (χ0n) is 17.7. The van der Waals surface area contributed by atoms with E-state index in [0.29, 0.717) is 18.2 Å². The van der Waals surface area contributed by atoms with Gasteiger partial charge in [-0.1, -0.05) is 6.42 Å². The van der Waals surface area contributed by atoms with Crippen molar-refractivity contribution in [1.29, 1.82) is 5.26 Å². The topological polar surface area (TPSA) is 88.5 Å². The van der Waals surface area contributed by atoms with Crippen molar-refractivity contribution < 1.29 is 9.59 Å². The molecule has 30 heavy (non-hydrogen) atoms. The molecule has 0 spiro atoms. The Hall–Kier alpha value is -1.95. The lowest BCUT2D eigenvalue weighted by Crippen LogP contribution is -2.54. The highest BCUT2D eigenvalue weighted by atomic mass is 32.1. The highest BCUT2D eigenvalue weighted by molar-refractivity contribution is 7.16. The second-order valence-corrected chi connectivity index (χ2v) is 9.80. The average molecular weight is 430 g/mol. The number of anilines is 1. The van der Waals surface area contributed by atoms with Gasteiger partial charge in [0.25, 0.3) is 0 Å². The van der Waals surface area contributed by atoms with E-state index in [9.17, 15) is 14.9 Å². The van der Waals surface area contributed by atoms with Crippen molar-refractivity contribution >= 4 is 28.2 Å².